The Bertz CT molecular complexity index is 459. The first-order valence-corrected chi connectivity index (χ1v) is 6.32. The van der Waals surface area contributed by atoms with Gasteiger partial charge in [-0.2, -0.15) is 0 Å². The van der Waals surface area contributed by atoms with Gasteiger partial charge in [-0.15, -0.1) is 0 Å². The number of nitrogens with zero attached hydrogens (tertiary/aromatic N) is 1. The number of carbonyl (C=O) groups excluding carboxylic acids is 1. The van der Waals surface area contributed by atoms with E-state index < -0.39 is 5.82 Å². The van der Waals surface area contributed by atoms with Crippen molar-refractivity contribution in [3.63, 3.8) is 0 Å². The highest BCUT2D eigenvalue weighted by Gasteiger charge is 2.25. The summed E-state index contributed by atoms with van der Waals surface area (Å²) < 4.78 is 13.5. The maximum absolute atomic E-state index is 13.5. The van der Waals surface area contributed by atoms with Crippen LogP contribution in [0.25, 0.3) is 0 Å². The summed E-state index contributed by atoms with van der Waals surface area (Å²) in [6.45, 7) is 1.30. The van der Waals surface area contributed by atoms with Crippen LogP contribution in [0.4, 0.5) is 10.1 Å². The Hall–Kier alpha value is -1.66. The minimum Gasteiger partial charge on any atom is -0.396 e. The van der Waals surface area contributed by atoms with Crippen molar-refractivity contribution in [1.82, 2.24) is 4.90 Å². The van der Waals surface area contributed by atoms with Crippen LogP contribution in [0.3, 0.4) is 0 Å². The van der Waals surface area contributed by atoms with E-state index >= 15 is 0 Å². The summed E-state index contributed by atoms with van der Waals surface area (Å²) in [7, 11) is 0. The van der Waals surface area contributed by atoms with Crippen molar-refractivity contribution in [2.24, 2.45) is 11.8 Å². The largest absolute Gasteiger partial charge is 0.396 e. The number of nitrogens with one attached hydrogen (secondary N) is 1. The molecule has 0 bridgehead atoms. The number of nitrogen functional groups attached to an aromatic ring is 1. The van der Waals surface area contributed by atoms with Gasteiger partial charge in [0.25, 0.3) is 5.91 Å². The van der Waals surface area contributed by atoms with Crippen LogP contribution >= 0.6 is 0 Å². The summed E-state index contributed by atoms with van der Waals surface area (Å²) in [5.41, 5.74) is 2.51. The van der Waals surface area contributed by atoms with E-state index in [9.17, 15) is 9.18 Å². The summed E-state index contributed by atoms with van der Waals surface area (Å²) in [5, 5.41) is 9.07. The fourth-order valence-electron chi connectivity index (χ4n) is 2.34. The zero-order valence-corrected chi connectivity index (χ0v) is 10.6. The van der Waals surface area contributed by atoms with Gasteiger partial charge in [0, 0.05) is 19.7 Å². The Labute approximate surface area is 111 Å². The van der Waals surface area contributed by atoms with Gasteiger partial charge in [-0.3, -0.25) is 10.6 Å². The average Bonchev–Trinajstić information content (AvgIpc) is 2.46. The zero-order valence-electron chi connectivity index (χ0n) is 10.6. The van der Waals surface area contributed by atoms with E-state index in [0.717, 1.165) is 12.8 Å². The second-order valence-electron chi connectivity index (χ2n) is 4.72. The van der Waals surface area contributed by atoms with Gasteiger partial charge >= 0.3 is 0 Å². The van der Waals surface area contributed by atoms with E-state index in [1.54, 1.807) is 11.0 Å². The highest BCUT2D eigenvalue weighted by atomic mass is 19.1. The number of hydrogen-bond donors (Lipinski definition) is 3. The summed E-state index contributed by atoms with van der Waals surface area (Å²) in [6.07, 6.45) is 1.53. The SMILES string of the molecule is NNc1c(F)cccc1C(=O)N1CCC(CO)CC1. The first-order valence-electron chi connectivity index (χ1n) is 6.32. The second kappa shape index (κ2) is 5.99. The standard InChI is InChI=1S/C13H18FN3O2/c14-11-3-1-2-10(12(11)16-15)13(19)17-6-4-9(8-18)5-7-17/h1-3,9,16,18H,4-8,15H2. The molecule has 104 valence electrons. The van der Waals surface area contributed by atoms with Gasteiger partial charge in [-0.25, -0.2) is 4.39 Å². The Morgan fingerprint density at radius 2 is 2.16 bits per heavy atom. The number of hydrogen-bond acceptors (Lipinski definition) is 4. The van der Waals surface area contributed by atoms with E-state index in [1.165, 1.54) is 12.1 Å². The highest BCUT2D eigenvalue weighted by molar-refractivity contribution is 5.99. The topological polar surface area (TPSA) is 78.6 Å². The molecule has 0 aliphatic carbocycles. The van der Waals surface area contributed by atoms with Crippen LogP contribution in [0.1, 0.15) is 23.2 Å². The molecule has 0 unspecified atom stereocenters. The summed E-state index contributed by atoms with van der Waals surface area (Å²) in [6, 6.07) is 4.30. The van der Waals surface area contributed by atoms with Crippen LogP contribution < -0.4 is 11.3 Å². The fraction of sp³-hybridized carbons (Fsp3) is 0.462. The van der Waals surface area contributed by atoms with Gasteiger partial charge in [-0.05, 0) is 30.9 Å². The van der Waals surface area contributed by atoms with Crippen molar-refractivity contribution in [1.29, 1.82) is 0 Å². The molecule has 0 atom stereocenters. The van der Waals surface area contributed by atoms with Crippen LogP contribution in [0.15, 0.2) is 18.2 Å². The Kier molecular flexibility index (Phi) is 4.34. The molecule has 4 N–H and O–H groups in total. The van der Waals surface area contributed by atoms with Crippen molar-refractivity contribution in [2.45, 2.75) is 12.8 Å². The van der Waals surface area contributed by atoms with Gasteiger partial charge in [-0.1, -0.05) is 6.07 Å². The number of likely N-dealkylation sites (tertiary alicyclic amines) is 1. The molecule has 5 nitrogen and oxygen atoms in total. The van der Waals surface area contributed by atoms with Crippen molar-refractivity contribution < 1.29 is 14.3 Å². The number of carbonyl (C=O) groups is 1. The number of benzene rings is 1. The predicted octanol–water partition coefficient (Wildman–Crippen LogP) is 0.956. The Balaban J connectivity index is 2.14. The number of rotatable bonds is 3. The molecular formula is C13H18FN3O2. The predicted molar refractivity (Wildman–Crippen MR) is 69.9 cm³/mol. The smallest absolute Gasteiger partial charge is 0.256 e. The lowest BCUT2D eigenvalue weighted by Gasteiger charge is -2.31. The van der Waals surface area contributed by atoms with Gasteiger partial charge in [0.05, 0.1) is 11.3 Å². The number of nitrogens with two attached hydrogens (primary N) is 1. The first-order chi connectivity index (χ1) is 9.17. The molecule has 0 spiro atoms. The molecule has 6 heteroatoms. The molecule has 1 aliphatic heterocycles. The number of anilines is 1. The molecule has 0 saturated carbocycles. The Morgan fingerprint density at radius 3 is 2.74 bits per heavy atom. The maximum Gasteiger partial charge on any atom is 0.256 e. The fourth-order valence-corrected chi connectivity index (χ4v) is 2.34. The van der Waals surface area contributed by atoms with E-state index in [1.807, 2.05) is 0 Å². The van der Waals surface area contributed by atoms with E-state index in [2.05, 4.69) is 5.43 Å². The van der Waals surface area contributed by atoms with Crippen molar-refractivity contribution in [3.8, 4) is 0 Å². The molecule has 2 rings (SSSR count). The molecular weight excluding hydrogens is 249 g/mol. The lowest BCUT2D eigenvalue weighted by molar-refractivity contribution is 0.0651. The molecule has 1 saturated heterocycles. The summed E-state index contributed by atoms with van der Waals surface area (Å²) >= 11 is 0. The number of hydrazine groups is 1. The molecule has 0 aromatic heterocycles. The monoisotopic (exact) mass is 267 g/mol. The van der Waals surface area contributed by atoms with Crippen molar-refractivity contribution in [2.75, 3.05) is 25.1 Å². The minimum absolute atomic E-state index is 0.0248. The molecule has 1 heterocycles. The third kappa shape index (κ3) is 2.85. The molecule has 1 amide bonds. The number of aliphatic hydroxyl groups is 1. The second-order valence-corrected chi connectivity index (χ2v) is 4.72. The zero-order chi connectivity index (χ0) is 13.8. The van der Waals surface area contributed by atoms with Crippen LogP contribution in [0.2, 0.25) is 0 Å². The minimum atomic E-state index is -0.543. The molecule has 19 heavy (non-hydrogen) atoms. The highest BCUT2D eigenvalue weighted by Crippen LogP contribution is 2.23. The quantitative estimate of drug-likeness (QED) is 0.563. The normalized spacial score (nSPS) is 16.5. The maximum atomic E-state index is 13.5. The number of piperidine rings is 1. The first kappa shape index (κ1) is 13.8. The Morgan fingerprint density at radius 1 is 1.47 bits per heavy atom. The van der Waals surface area contributed by atoms with Crippen molar-refractivity contribution >= 4 is 11.6 Å². The number of halogens is 1. The third-order valence-corrected chi connectivity index (χ3v) is 3.55. The lowest BCUT2D eigenvalue weighted by atomic mass is 9.97. The van der Waals surface area contributed by atoms with Crippen molar-refractivity contribution in [3.05, 3.63) is 29.6 Å². The van der Waals surface area contributed by atoms with Gasteiger partial charge < -0.3 is 15.4 Å². The molecule has 1 aromatic rings. The molecule has 1 fully saturated rings. The number of amides is 1. The van der Waals surface area contributed by atoms with Gasteiger partial charge in [0.2, 0.25) is 0 Å². The lowest BCUT2D eigenvalue weighted by Crippen LogP contribution is -2.39. The molecule has 1 aliphatic rings. The number of para-hydroxylation sites is 1. The molecule has 1 aromatic carbocycles. The average molecular weight is 267 g/mol. The van der Waals surface area contributed by atoms with E-state index in [-0.39, 0.29) is 29.7 Å². The summed E-state index contributed by atoms with van der Waals surface area (Å²) in [4.78, 5) is 14.0. The van der Waals surface area contributed by atoms with Crippen LogP contribution in [0, 0.1) is 11.7 Å². The van der Waals surface area contributed by atoms with Crippen LogP contribution in [-0.2, 0) is 0 Å². The molecule has 0 radical (unpaired) electrons. The van der Waals surface area contributed by atoms with E-state index in [4.69, 9.17) is 10.9 Å². The summed E-state index contributed by atoms with van der Waals surface area (Å²) in [5.74, 6) is 4.75. The van der Waals surface area contributed by atoms with Crippen LogP contribution in [0.5, 0.6) is 0 Å². The van der Waals surface area contributed by atoms with E-state index in [0.29, 0.717) is 13.1 Å². The van der Waals surface area contributed by atoms with Gasteiger partial charge in [0.15, 0.2) is 0 Å². The van der Waals surface area contributed by atoms with Gasteiger partial charge in [0.1, 0.15) is 5.82 Å². The van der Waals surface area contributed by atoms with Crippen LogP contribution in [-0.4, -0.2) is 35.6 Å². The third-order valence-electron chi connectivity index (χ3n) is 3.55. The number of aliphatic hydroxyl groups excluding tert-OH is 1.